The number of nitrogens with zero attached hydrogens (tertiary/aromatic N) is 1. The van der Waals surface area contributed by atoms with Crippen molar-refractivity contribution in [1.29, 1.82) is 0 Å². The van der Waals surface area contributed by atoms with Gasteiger partial charge in [-0.15, -0.1) is 0 Å². The molecule has 2 rings (SSSR count). The molecule has 6 nitrogen and oxygen atoms in total. The molecule has 0 aliphatic carbocycles. The second-order valence-corrected chi connectivity index (χ2v) is 4.16. The van der Waals surface area contributed by atoms with Crippen LogP contribution in [0.2, 0.25) is 5.15 Å². The van der Waals surface area contributed by atoms with Gasteiger partial charge in [0.15, 0.2) is 0 Å². The summed E-state index contributed by atoms with van der Waals surface area (Å²) in [7, 11) is 0. The van der Waals surface area contributed by atoms with Gasteiger partial charge in [-0.1, -0.05) is 11.6 Å². The quantitative estimate of drug-likeness (QED) is 0.812. The van der Waals surface area contributed by atoms with Gasteiger partial charge < -0.3 is 20.1 Å². The number of ether oxygens (including phenoxy) is 2. The number of carbonyl (C=O) groups excluding carboxylic acids is 1. The highest BCUT2D eigenvalue weighted by atomic mass is 35.5. The van der Waals surface area contributed by atoms with Crippen LogP contribution in [0.15, 0.2) is 18.3 Å². The average Bonchev–Trinajstić information content (AvgIpc) is 2.40. The molecule has 0 aromatic carbocycles. The van der Waals surface area contributed by atoms with Gasteiger partial charge in [0.1, 0.15) is 5.15 Å². The molecule has 1 fully saturated rings. The van der Waals surface area contributed by atoms with E-state index in [1.54, 1.807) is 12.1 Å². The summed E-state index contributed by atoms with van der Waals surface area (Å²) in [5.74, 6) is 0. The molecular formula is C11H14ClN3O3. The molecule has 2 amide bonds. The smallest absolute Gasteiger partial charge is 0.319 e. The number of halogens is 1. The first-order valence-corrected chi connectivity index (χ1v) is 5.97. The normalized spacial score (nSPS) is 19.3. The molecule has 0 saturated carbocycles. The maximum atomic E-state index is 11.6. The molecule has 2 N–H and O–H groups in total. The summed E-state index contributed by atoms with van der Waals surface area (Å²) in [5, 5.41) is 5.72. The molecule has 1 aliphatic rings. The summed E-state index contributed by atoms with van der Waals surface area (Å²) in [5.41, 5.74) is 0.581. The fourth-order valence-corrected chi connectivity index (χ4v) is 1.60. The van der Waals surface area contributed by atoms with Gasteiger partial charge in [0.05, 0.1) is 37.8 Å². The van der Waals surface area contributed by atoms with Gasteiger partial charge in [-0.3, -0.25) is 0 Å². The Labute approximate surface area is 110 Å². The van der Waals surface area contributed by atoms with Crippen molar-refractivity contribution in [1.82, 2.24) is 10.3 Å². The predicted molar refractivity (Wildman–Crippen MR) is 66.8 cm³/mol. The minimum absolute atomic E-state index is 0.0900. The van der Waals surface area contributed by atoms with Gasteiger partial charge in [-0.05, 0) is 12.1 Å². The summed E-state index contributed by atoms with van der Waals surface area (Å²) in [6.07, 6.45) is 1.40. The first kappa shape index (κ1) is 13.1. The molecule has 1 saturated heterocycles. The van der Waals surface area contributed by atoms with Crippen LogP contribution >= 0.6 is 11.6 Å². The van der Waals surface area contributed by atoms with E-state index in [-0.39, 0.29) is 12.1 Å². The molecule has 1 aliphatic heterocycles. The van der Waals surface area contributed by atoms with E-state index in [2.05, 4.69) is 15.6 Å². The number of pyridine rings is 1. The average molecular weight is 272 g/mol. The van der Waals surface area contributed by atoms with Gasteiger partial charge in [0, 0.05) is 6.54 Å². The standard InChI is InChI=1S/C11H14ClN3O3/c12-10-2-1-8(5-13-10)15-11(16)14-6-9-7-17-3-4-18-9/h1-2,5,9H,3-4,6-7H2,(H2,14,15,16). The number of carbonyl (C=O) groups is 1. The van der Waals surface area contributed by atoms with Crippen LogP contribution in [-0.4, -0.2) is 43.5 Å². The lowest BCUT2D eigenvalue weighted by molar-refractivity contribution is -0.0852. The van der Waals surface area contributed by atoms with Crippen LogP contribution < -0.4 is 10.6 Å². The van der Waals surface area contributed by atoms with E-state index in [1.807, 2.05) is 0 Å². The summed E-state index contributed by atoms with van der Waals surface area (Å²) in [6.45, 7) is 2.09. The zero-order chi connectivity index (χ0) is 12.8. The summed E-state index contributed by atoms with van der Waals surface area (Å²) >= 11 is 5.64. The highest BCUT2D eigenvalue weighted by Gasteiger charge is 2.15. The van der Waals surface area contributed by atoms with Crippen molar-refractivity contribution < 1.29 is 14.3 Å². The van der Waals surface area contributed by atoms with Crippen LogP contribution in [0.4, 0.5) is 10.5 Å². The summed E-state index contributed by atoms with van der Waals surface area (Å²) in [6, 6.07) is 2.97. The number of aromatic nitrogens is 1. The number of hydrogen-bond donors (Lipinski definition) is 2. The van der Waals surface area contributed by atoms with Crippen molar-refractivity contribution in [3.63, 3.8) is 0 Å². The van der Waals surface area contributed by atoms with E-state index in [1.165, 1.54) is 6.20 Å². The van der Waals surface area contributed by atoms with Gasteiger partial charge in [-0.2, -0.15) is 0 Å². The first-order valence-electron chi connectivity index (χ1n) is 5.60. The second-order valence-electron chi connectivity index (χ2n) is 3.77. The van der Waals surface area contributed by atoms with Crippen LogP contribution in [-0.2, 0) is 9.47 Å². The second kappa shape index (κ2) is 6.53. The molecule has 7 heteroatoms. The molecule has 0 bridgehead atoms. The Bertz CT molecular complexity index is 393. The van der Waals surface area contributed by atoms with Crippen molar-refractivity contribution >= 4 is 23.3 Å². The maximum absolute atomic E-state index is 11.6. The van der Waals surface area contributed by atoms with E-state index in [4.69, 9.17) is 21.1 Å². The lowest BCUT2D eigenvalue weighted by Crippen LogP contribution is -2.41. The molecule has 1 unspecified atom stereocenters. The van der Waals surface area contributed by atoms with Crippen LogP contribution in [0.1, 0.15) is 0 Å². The first-order chi connectivity index (χ1) is 8.74. The molecule has 0 spiro atoms. The molecule has 0 radical (unpaired) electrons. The van der Waals surface area contributed by atoms with Crippen LogP contribution in [0.25, 0.3) is 0 Å². The Morgan fingerprint density at radius 1 is 1.50 bits per heavy atom. The third-order valence-electron chi connectivity index (χ3n) is 2.36. The topological polar surface area (TPSA) is 72.5 Å². The highest BCUT2D eigenvalue weighted by Crippen LogP contribution is 2.09. The Kier molecular flexibility index (Phi) is 4.74. The summed E-state index contributed by atoms with van der Waals surface area (Å²) < 4.78 is 10.6. The van der Waals surface area contributed by atoms with Crippen LogP contribution in [0.5, 0.6) is 0 Å². The van der Waals surface area contributed by atoms with Crippen molar-refractivity contribution in [3.8, 4) is 0 Å². The third kappa shape index (κ3) is 4.14. The third-order valence-corrected chi connectivity index (χ3v) is 2.58. The monoisotopic (exact) mass is 271 g/mol. The van der Waals surface area contributed by atoms with Crippen molar-refractivity contribution in [2.45, 2.75) is 6.10 Å². The predicted octanol–water partition coefficient (Wildman–Crippen LogP) is 1.27. The van der Waals surface area contributed by atoms with Crippen molar-refractivity contribution in [3.05, 3.63) is 23.5 Å². The van der Waals surface area contributed by atoms with Crippen molar-refractivity contribution in [2.24, 2.45) is 0 Å². The minimum Gasteiger partial charge on any atom is -0.376 e. The molecule has 18 heavy (non-hydrogen) atoms. The minimum atomic E-state index is -0.312. The molecule has 1 aromatic heterocycles. The maximum Gasteiger partial charge on any atom is 0.319 e. The van der Waals surface area contributed by atoms with E-state index >= 15 is 0 Å². The number of rotatable bonds is 3. The number of urea groups is 1. The Hall–Kier alpha value is -1.37. The Balaban J connectivity index is 1.73. The number of amides is 2. The van der Waals surface area contributed by atoms with Gasteiger partial charge >= 0.3 is 6.03 Å². The fourth-order valence-electron chi connectivity index (χ4n) is 1.49. The Morgan fingerprint density at radius 2 is 2.39 bits per heavy atom. The van der Waals surface area contributed by atoms with Gasteiger partial charge in [0.25, 0.3) is 0 Å². The molecule has 1 atom stereocenters. The van der Waals surface area contributed by atoms with E-state index in [0.717, 1.165) is 0 Å². The Morgan fingerprint density at radius 3 is 3.06 bits per heavy atom. The van der Waals surface area contributed by atoms with E-state index in [9.17, 15) is 4.79 Å². The lowest BCUT2D eigenvalue weighted by atomic mass is 10.3. The van der Waals surface area contributed by atoms with Gasteiger partial charge in [-0.25, -0.2) is 9.78 Å². The lowest BCUT2D eigenvalue weighted by Gasteiger charge is -2.23. The van der Waals surface area contributed by atoms with E-state index in [0.29, 0.717) is 37.2 Å². The van der Waals surface area contributed by atoms with Crippen molar-refractivity contribution in [2.75, 3.05) is 31.7 Å². The zero-order valence-electron chi connectivity index (χ0n) is 9.69. The number of hydrogen-bond acceptors (Lipinski definition) is 4. The fraction of sp³-hybridized carbons (Fsp3) is 0.455. The largest absolute Gasteiger partial charge is 0.376 e. The number of anilines is 1. The van der Waals surface area contributed by atoms with E-state index < -0.39 is 0 Å². The molecule has 2 heterocycles. The zero-order valence-corrected chi connectivity index (χ0v) is 10.4. The molecule has 1 aromatic rings. The van der Waals surface area contributed by atoms with Crippen LogP contribution in [0, 0.1) is 0 Å². The number of nitrogens with one attached hydrogen (secondary N) is 2. The molecular weight excluding hydrogens is 258 g/mol. The molecule has 98 valence electrons. The summed E-state index contributed by atoms with van der Waals surface area (Å²) in [4.78, 5) is 15.4. The SMILES string of the molecule is O=C(NCC1COCCO1)Nc1ccc(Cl)nc1. The van der Waals surface area contributed by atoms with Gasteiger partial charge in [0.2, 0.25) is 0 Å². The highest BCUT2D eigenvalue weighted by molar-refractivity contribution is 6.29. The van der Waals surface area contributed by atoms with Crippen LogP contribution in [0.3, 0.4) is 0 Å².